The number of carbonyl (C=O) groups is 2. The molecule has 0 saturated carbocycles. The summed E-state index contributed by atoms with van der Waals surface area (Å²) in [5, 5.41) is 3.49. The largest absolute Gasteiger partial charge is 0.346 e. The van der Waals surface area contributed by atoms with Crippen LogP contribution < -0.4 is 10.2 Å². The Labute approximate surface area is 155 Å². The molecular formula is C19H17ClN4O2. The van der Waals surface area contributed by atoms with Gasteiger partial charge in [-0.1, -0.05) is 17.7 Å². The fraction of sp³-hybridized carbons (Fsp3) is 0.211. The summed E-state index contributed by atoms with van der Waals surface area (Å²) in [6.45, 7) is 1.01. The third-order valence-electron chi connectivity index (χ3n) is 4.39. The maximum atomic E-state index is 12.5. The van der Waals surface area contributed by atoms with E-state index in [-0.39, 0.29) is 11.8 Å². The van der Waals surface area contributed by atoms with Gasteiger partial charge in [0.25, 0.3) is 5.91 Å². The predicted molar refractivity (Wildman–Crippen MR) is 99.4 cm³/mol. The zero-order valence-electron chi connectivity index (χ0n) is 14.0. The van der Waals surface area contributed by atoms with Crippen molar-refractivity contribution < 1.29 is 9.59 Å². The number of hydrogen-bond donors (Lipinski definition) is 1. The Bertz CT molecular complexity index is 998. The quantitative estimate of drug-likeness (QED) is 0.769. The maximum absolute atomic E-state index is 12.5. The number of imidazole rings is 1. The SMILES string of the molecule is O=C(NCc1cn2cc(Cl)ccc2n1)c1cccc(N2CCCC2=O)c1. The highest BCUT2D eigenvalue weighted by Crippen LogP contribution is 2.22. The molecule has 0 radical (unpaired) electrons. The molecule has 26 heavy (non-hydrogen) atoms. The standard InChI is InChI=1S/C19H17ClN4O2/c20-14-6-7-17-22-15(12-23(17)11-14)10-21-19(26)13-3-1-4-16(9-13)24-8-2-5-18(24)25/h1,3-4,6-7,9,11-12H,2,5,8,10H2,(H,21,26). The van der Waals surface area contributed by atoms with E-state index in [4.69, 9.17) is 11.6 Å². The summed E-state index contributed by atoms with van der Waals surface area (Å²) in [5.41, 5.74) is 2.80. The Morgan fingerprint density at radius 1 is 1.23 bits per heavy atom. The molecule has 3 aromatic rings. The summed E-state index contributed by atoms with van der Waals surface area (Å²) >= 11 is 5.97. The summed E-state index contributed by atoms with van der Waals surface area (Å²) in [7, 11) is 0. The first-order valence-corrected chi connectivity index (χ1v) is 8.80. The lowest BCUT2D eigenvalue weighted by atomic mass is 10.1. The summed E-state index contributed by atoms with van der Waals surface area (Å²) in [4.78, 5) is 30.5. The van der Waals surface area contributed by atoms with Gasteiger partial charge in [-0.2, -0.15) is 0 Å². The highest BCUT2D eigenvalue weighted by atomic mass is 35.5. The van der Waals surface area contributed by atoms with E-state index in [0.717, 1.165) is 23.4 Å². The van der Waals surface area contributed by atoms with E-state index in [1.807, 2.05) is 22.7 Å². The molecule has 1 aromatic carbocycles. The fourth-order valence-corrected chi connectivity index (χ4v) is 3.28. The lowest BCUT2D eigenvalue weighted by molar-refractivity contribution is -0.117. The first-order chi connectivity index (χ1) is 12.6. The first kappa shape index (κ1) is 16.6. The number of nitrogens with zero attached hydrogens (tertiary/aromatic N) is 3. The van der Waals surface area contributed by atoms with E-state index >= 15 is 0 Å². The molecule has 0 bridgehead atoms. The van der Waals surface area contributed by atoms with E-state index in [2.05, 4.69) is 10.3 Å². The molecule has 1 N–H and O–H groups in total. The number of rotatable bonds is 4. The predicted octanol–water partition coefficient (Wildman–Crippen LogP) is 3.04. The van der Waals surface area contributed by atoms with E-state index in [9.17, 15) is 9.59 Å². The molecule has 1 aliphatic heterocycles. The number of hydrogen-bond acceptors (Lipinski definition) is 3. The Morgan fingerprint density at radius 2 is 2.12 bits per heavy atom. The number of pyridine rings is 1. The van der Waals surface area contributed by atoms with Gasteiger partial charge < -0.3 is 14.6 Å². The van der Waals surface area contributed by atoms with Crippen molar-refractivity contribution in [2.24, 2.45) is 0 Å². The molecule has 0 spiro atoms. The molecule has 1 saturated heterocycles. The number of halogens is 1. The van der Waals surface area contributed by atoms with E-state index in [0.29, 0.717) is 30.1 Å². The second-order valence-electron chi connectivity index (χ2n) is 6.23. The number of amides is 2. The van der Waals surface area contributed by atoms with Gasteiger partial charge in [-0.05, 0) is 36.8 Å². The van der Waals surface area contributed by atoms with Crippen LogP contribution in [-0.2, 0) is 11.3 Å². The van der Waals surface area contributed by atoms with Gasteiger partial charge in [-0.15, -0.1) is 0 Å². The average Bonchev–Trinajstić information content (AvgIpc) is 3.25. The third kappa shape index (κ3) is 3.28. The van der Waals surface area contributed by atoms with Crippen LogP contribution in [0.1, 0.15) is 28.9 Å². The molecular weight excluding hydrogens is 352 g/mol. The number of aromatic nitrogens is 2. The van der Waals surface area contributed by atoms with Gasteiger partial charge in [0, 0.05) is 36.6 Å². The van der Waals surface area contributed by atoms with Gasteiger partial charge in [0.2, 0.25) is 5.91 Å². The van der Waals surface area contributed by atoms with Gasteiger partial charge in [0.1, 0.15) is 5.65 Å². The number of benzene rings is 1. The topological polar surface area (TPSA) is 66.7 Å². The molecule has 132 valence electrons. The van der Waals surface area contributed by atoms with Crippen LogP contribution in [0, 0.1) is 0 Å². The summed E-state index contributed by atoms with van der Waals surface area (Å²) in [6, 6.07) is 10.7. The zero-order chi connectivity index (χ0) is 18.1. The number of nitrogens with one attached hydrogen (secondary N) is 1. The van der Waals surface area contributed by atoms with Crippen molar-refractivity contribution in [3.05, 3.63) is 65.1 Å². The smallest absolute Gasteiger partial charge is 0.251 e. The molecule has 1 aliphatic rings. The lowest BCUT2D eigenvalue weighted by Crippen LogP contribution is -2.25. The van der Waals surface area contributed by atoms with Gasteiger partial charge in [-0.3, -0.25) is 9.59 Å². The van der Waals surface area contributed by atoms with Crippen LogP contribution in [0.3, 0.4) is 0 Å². The molecule has 2 aromatic heterocycles. The van der Waals surface area contributed by atoms with Crippen LogP contribution in [0.2, 0.25) is 5.02 Å². The van der Waals surface area contributed by atoms with Crippen LogP contribution in [0.25, 0.3) is 5.65 Å². The molecule has 0 unspecified atom stereocenters. The maximum Gasteiger partial charge on any atom is 0.251 e. The van der Waals surface area contributed by atoms with Crippen molar-refractivity contribution in [1.82, 2.24) is 14.7 Å². The van der Waals surface area contributed by atoms with E-state index < -0.39 is 0 Å². The van der Waals surface area contributed by atoms with Crippen LogP contribution in [0.5, 0.6) is 0 Å². The van der Waals surface area contributed by atoms with Crippen molar-refractivity contribution in [3.8, 4) is 0 Å². The van der Waals surface area contributed by atoms with Gasteiger partial charge in [-0.25, -0.2) is 4.98 Å². The molecule has 6 nitrogen and oxygen atoms in total. The molecule has 3 heterocycles. The van der Waals surface area contributed by atoms with Crippen molar-refractivity contribution in [2.75, 3.05) is 11.4 Å². The van der Waals surface area contributed by atoms with E-state index in [1.165, 1.54) is 0 Å². The molecule has 1 fully saturated rings. The van der Waals surface area contributed by atoms with Crippen LogP contribution in [0.4, 0.5) is 5.69 Å². The first-order valence-electron chi connectivity index (χ1n) is 8.42. The fourth-order valence-electron chi connectivity index (χ4n) is 3.11. The van der Waals surface area contributed by atoms with Gasteiger partial charge in [0.15, 0.2) is 0 Å². The van der Waals surface area contributed by atoms with Crippen LogP contribution in [-0.4, -0.2) is 27.7 Å². The molecule has 4 rings (SSSR count). The second-order valence-corrected chi connectivity index (χ2v) is 6.66. The van der Waals surface area contributed by atoms with Crippen molar-refractivity contribution >= 4 is 34.7 Å². The highest BCUT2D eigenvalue weighted by molar-refractivity contribution is 6.30. The van der Waals surface area contributed by atoms with Crippen LogP contribution >= 0.6 is 11.6 Å². The highest BCUT2D eigenvalue weighted by Gasteiger charge is 2.22. The number of anilines is 1. The third-order valence-corrected chi connectivity index (χ3v) is 4.61. The van der Waals surface area contributed by atoms with Gasteiger partial charge >= 0.3 is 0 Å². The van der Waals surface area contributed by atoms with Crippen LogP contribution in [0.15, 0.2) is 48.8 Å². The Morgan fingerprint density at radius 3 is 2.92 bits per heavy atom. The minimum absolute atomic E-state index is 0.103. The molecule has 7 heteroatoms. The monoisotopic (exact) mass is 368 g/mol. The Kier molecular flexibility index (Phi) is 4.34. The minimum atomic E-state index is -0.200. The second kappa shape index (κ2) is 6.80. The van der Waals surface area contributed by atoms with E-state index in [1.54, 1.807) is 35.4 Å². The van der Waals surface area contributed by atoms with Crippen molar-refractivity contribution in [3.63, 3.8) is 0 Å². The molecule has 0 atom stereocenters. The lowest BCUT2D eigenvalue weighted by Gasteiger charge is -2.16. The summed E-state index contributed by atoms with van der Waals surface area (Å²) in [6.07, 6.45) is 5.02. The average molecular weight is 369 g/mol. The molecule has 0 aliphatic carbocycles. The zero-order valence-corrected chi connectivity index (χ0v) is 14.7. The Hall–Kier alpha value is -2.86. The van der Waals surface area contributed by atoms with Crippen molar-refractivity contribution in [1.29, 1.82) is 0 Å². The van der Waals surface area contributed by atoms with Gasteiger partial charge in [0.05, 0.1) is 17.3 Å². The number of fused-ring (bicyclic) bond motifs is 1. The summed E-state index contributed by atoms with van der Waals surface area (Å²) < 4.78 is 1.82. The number of carbonyl (C=O) groups excluding carboxylic acids is 2. The Balaban J connectivity index is 1.46. The normalized spacial score (nSPS) is 14.2. The minimum Gasteiger partial charge on any atom is -0.346 e. The summed E-state index contributed by atoms with van der Waals surface area (Å²) in [5.74, 6) is -0.0977. The molecule has 2 amide bonds. The van der Waals surface area contributed by atoms with Crippen molar-refractivity contribution in [2.45, 2.75) is 19.4 Å².